The smallest absolute Gasteiger partial charge is 0.0361 e. The highest BCUT2D eigenvalue weighted by atomic mass is 15.1. The summed E-state index contributed by atoms with van der Waals surface area (Å²) in [6.07, 6.45) is 5.70. The number of benzene rings is 1. The van der Waals surface area contributed by atoms with E-state index in [1.54, 1.807) is 0 Å². The van der Waals surface area contributed by atoms with Crippen molar-refractivity contribution in [2.75, 3.05) is 25.5 Å². The van der Waals surface area contributed by atoms with E-state index in [-0.39, 0.29) is 0 Å². The molecule has 2 rings (SSSR count). The number of hydrogen-bond donors (Lipinski definition) is 1. The highest BCUT2D eigenvalue weighted by Gasteiger charge is 2.16. The molecule has 2 nitrogen and oxygen atoms in total. The SMILES string of the molecule is CC(NCCC1CCC1)c1ccc(N(C)C)cc1. The number of nitrogens with one attached hydrogen (secondary N) is 1. The fraction of sp³-hybridized carbons (Fsp3) is 0.625. The maximum absolute atomic E-state index is 3.63. The van der Waals surface area contributed by atoms with Gasteiger partial charge in [-0.3, -0.25) is 0 Å². The average Bonchev–Trinajstić information content (AvgIpc) is 2.32. The second kappa shape index (κ2) is 6.24. The fourth-order valence-electron chi connectivity index (χ4n) is 2.46. The standard InChI is InChI=1S/C16H26N2/c1-13(17-12-11-14-5-4-6-14)15-7-9-16(10-8-15)18(2)3/h7-10,13-14,17H,4-6,11-12H2,1-3H3. The zero-order valence-corrected chi connectivity index (χ0v) is 11.9. The van der Waals surface area contributed by atoms with Crippen molar-refractivity contribution in [3.8, 4) is 0 Å². The summed E-state index contributed by atoms with van der Waals surface area (Å²) < 4.78 is 0. The van der Waals surface area contributed by atoms with Gasteiger partial charge in [0.1, 0.15) is 0 Å². The van der Waals surface area contributed by atoms with Crippen LogP contribution >= 0.6 is 0 Å². The molecule has 2 heteroatoms. The van der Waals surface area contributed by atoms with Crippen LogP contribution in [-0.4, -0.2) is 20.6 Å². The largest absolute Gasteiger partial charge is 0.378 e. The Hall–Kier alpha value is -1.02. The van der Waals surface area contributed by atoms with Crippen LogP contribution in [0.2, 0.25) is 0 Å². The third-order valence-corrected chi connectivity index (χ3v) is 4.14. The lowest BCUT2D eigenvalue weighted by Gasteiger charge is -2.26. The molecule has 1 saturated carbocycles. The van der Waals surface area contributed by atoms with Gasteiger partial charge in [0.2, 0.25) is 0 Å². The van der Waals surface area contributed by atoms with Gasteiger partial charge in [0.15, 0.2) is 0 Å². The van der Waals surface area contributed by atoms with Gasteiger partial charge in [0, 0.05) is 25.8 Å². The Morgan fingerprint density at radius 2 is 1.89 bits per heavy atom. The maximum Gasteiger partial charge on any atom is 0.0361 e. The van der Waals surface area contributed by atoms with Crippen molar-refractivity contribution < 1.29 is 0 Å². The van der Waals surface area contributed by atoms with Crippen molar-refractivity contribution in [2.45, 2.75) is 38.6 Å². The van der Waals surface area contributed by atoms with Crippen LogP contribution in [0, 0.1) is 5.92 Å². The molecule has 1 aromatic rings. The molecular weight excluding hydrogens is 220 g/mol. The molecule has 100 valence electrons. The first kappa shape index (κ1) is 13.4. The molecule has 1 aliphatic rings. The molecule has 1 atom stereocenters. The first-order chi connectivity index (χ1) is 8.66. The molecule has 0 bridgehead atoms. The second-order valence-electron chi connectivity index (χ2n) is 5.75. The zero-order valence-electron chi connectivity index (χ0n) is 11.9. The molecule has 0 aliphatic heterocycles. The van der Waals surface area contributed by atoms with E-state index in [2.05, 4.69) is 55.5 Å². The van der Waals surface area contributed by atoms with E-state index in [0.29, 0.717) is 6.04 Å². The van der Waals surface area contributed by atoms with Crippen LogP contribution in [0.15, 0.2) is 24.3 Å². The van der Waals surface area contributed by atoms with Crippen LogP contribution in [0.25, 0.3) is 0 Å². The predicted octanol–water partition coefficient (Wildman–Crippen LogP) is 3.59. The molecule has 1 aliphatic carbocycles. The first-order valence-corrected chi connectivity index (χ1v) is 7.17. The van der Waals surface area contributed by atoms with Gasteiger partial charge in [-0.2, -0.15) is 0 Å². The van der Waals surface area contributed by atoms with Gasteiger partial charge < -0.3 is 10.2 Å². The molecule has 1 N–H and O–H groups in total. The number of hydrogen-bond acceptors (Lipinski definition) is 2. The van der Waals surface area contributed by atoms with Gasteiger partial charge in [-0.05, 0) is 43.5 Å². The molecule has 1 aromatic carbocycles. The second-order valence-corrected chi connectivity index (χ2v) is 5.75. The van der Waals surface area contributed by atoms with Crippen molar-refractivity contribution in [1.29, 1.82) is 0 Å². The fourth-order valence-corrected chi connectivity index (χ4v) is 2.46. The minimum absolute atomic E-state index is 0.460. The lowest BCUT2D eigenvalue weighted by atomic mass is 9.83. The van der Waals surface area contributed by atoms with Crippen LogP contribution in [0.5, 0.6) is 0 Å². The van der Waals surface area contributed by atoms with Crippen molar-refractivity contribution in [3.63, 3.8) is 0 Å². The number of rotatable bonds is 6. The summed E-state index contributed by atoms with van der Waals surface area (Å²) in [5, 5.41) is 3.63. The molecule has 0 aromatic heterocycles. The van der Waals surface area contributed by atoms with E-state index in [1.807, 2.05) is 0 Å². The van der Waals surface area contributed by atoms with Crippen molar-refractivity contribution >= 4 is 5.69 Å². The first-order valence-electron chi connectivity index (χ1n) is 7.17. The Labute approximate surface area is 111 Å². The molecule has 1 unspecified atom stereocenters. The number of anilines is 1. The van der Waals surface area contributed by atoms with Crippen LogP contribution in [0.1, 0.15) is 44.2 Å². The molecule has 1 fully saturated rings. The summed E-state index contributed by atoms with van der Waals surface area (Å²) in [5.74, 6) is 1.00. The van der Waals surface area contributed by atoms with E-state index in [0.717, 1.165) is 12.5 Å². The highest BCUT2D eigenvalue weighted by Crippen LogP contribution is 2.29. The van der Waals surface area contributed by atoms with E-state index in [9.17, 15) is 0 Å². The van der Waals surface area contributed by atoms with Gasteiger partial charge in [-0.15, -0.1) is 0 Å². The van der Waals surface area contributed by atoms with Gasteiger partial charge in [-0.25, -0.2) is 0 Å². The average molecular weight is 246 g/mol. The third kappa shape index (κ3) is 3.49. The quantitative estimate of drug-likeness (QED) is 0.825. The topological polar surface area (TPSA) is 15.3 Å². The van der Waals surface area contributed by atoms with Crippen LogP contribution in [0.3, 0.4) is 0 Å². The Morgan fingerprint density at radius 1 is 1.22 bits per heavy atom. The maximum atomic E-state index is 3.63. The lowest BCUT2D eigenvalue weighted by Crippen LogP contribution is -2.24. The number of nitrogens with zero attached hydrogens (tertiary/aromatic N) is 1. The normalized spacial score (nSPS) is 17.3. The van der Waals surface area contributed by atoms with Crippen molar-refractivity contribution in [3.05, 3.63) is 29.8 Å². The lowest BCUT2D eigenvalue weighted by molar-refractivity contribution is 0.288. The Kier molecular flexibility index (Phi) is 4.65. The molecule has 0 amide bonds. The highest BCUT2D eigenvalue weighted by molar-refractivity contribution is 5.46. The van der Waals surface area contributed by atoms with Gasteiger partial charge >= 0.3 is 0 Å². The van der Waals surface area contributed by atoms with Gasteiger partial charge in [0.05, 0.1) is 0 Å². The summed E-state index contributed by atoms with van der Waals surface area (Å²) in [6.45, 7) is 3.41. The molecule has 0 heterocycles. The molecule has 0 spiro atoms. The Morgan fingerprint density at radius 3 is 2.39 bits per heavy atom. The van der Waals surface area contributed by atoms with E-state index < -0.39 is 0 Å². The minimum Gasteiger partial charge on any atom is -0.378 e. The summed E-state index contributed by atoms with van der Waals surface area (Å²) in [4.78, 5) is 2.14. The summed E-state index contributed by atoms with van der Waals surface area (Å²) in [6, 6.07) is 9.31. The predicted molar refractivity (Wildman–Crippen MR) is 79.1 cm³/mol. The Bertz CT molecular complexity index is 352. The van der Waals surface area contributed by atoms with Gasteiger partial charge in [-0.1, -0.05) is 31.4 Å². The minimum atomic E-state index is 0.460. The zero-order chi connectivity index (χ0) is 13.0. The summed E-state index contributed by atoms with van der Waals surface area (Å²) in [7, 11) is 4.16. The molecule has 18 heavy (non-hydrogen) atoms. The van der Waals surface area contributed by atoms with Crippen LogP contribution in [-0.2, 0) is 0 Å². The Balaban J connectivity index is 1.78. The van der Waals surface area contributed by atoms with Crippen molar-refractivity contribution in [2.24, 2.45) is 5.92 Å². The van der Waals surface area contributed by atoms with Crippen LogP contribution in [0.4, 0.5) is 5.69 Å². The van der Waals surface area contributed by atoms with E-state index in [1.165, 1.54) is 36.9 Å². The van der Waals surface area contributed by atoms with E-state index >= 15 is 0 Å². The molecule has 0 radical (unpaired) electrons. The van der Waals surface area contributed by atoms with E-state index in [4.69, 9.17) is 0 Å². The molecular formula is C16H26N2. The van der Waals surface area contributed by atoms with Crippen molar-refractivity contribution in [1.82, 2.24) is 5.32 Å². The monoisotopic (exact) mass is 246 g/mol. The summed E-state index contributed by atoms with van der Waals surface area (Å²) >= 11 is 0. The van der Waals surface area contributed by atoms with Gasteiger partial charge in [0.25, 0.3) is 0 Å². The molecule has 0 saturated heterocycles. The third-order valence-electron chi connectivity index (χ3n) is 4.14. The van der Waals surface area contributed by atoms with Crippen LogP contribution < -0.4 is 10.2 Å². The summed E-state index contributed by atoms with van der Waals surface area (Å²) in [5.41, 5.74) is 2.65.